The van der Waals surface area contributed by atoms with Crippen molar-refractivity contribution in [1.82, 2.24) is 14.1 Å². The highest BCUT2D eigenvalue weighted by Crippen LogP contribution is 2.41. The second-order valence-electron chi connectivity index (χ2n) is 8.35. The van der Waals surface area contributed by atoms with Gasteiger partial charge in [0.25, 0.3) is 0 Å². The molecule has 2 heterocycles. The number of nitrogens with zero attached hydrogens (tertiary/aromatic N) is 3. The van der Waals surface area contributed by atoms with Gasteiger partial charge in [-0.15, -0.1) is 0 Å². The molecule has 0 radical (unpaired) electrons. The van der Waals surface area contributed by atoms with E-state index in [2.05, 4.69) is 33.8 Å². The number of rotatable bonds is 6. The van der Waals surface area contributed by atoms with Crippen LogP contribution in [0.15, 0.2) is 61.2 Å². The first-order valence-electron chi connectivity index (χ1n) is 11.2. The molecule has 0 bridgehead atoms. The van der Waals surface area contributed by atoms with Gasteiger partial charge in [-0.25, -0.2) is 9.37 Å². The molecule has 5 rings (SSSR count). The molecule has 0 amide bonds. The molecule has 164 valence electrons. The molecule has 0 saturated heterocycles. The third-order valence-corrected chi connectivity index (χ3v) is 6.34. The highest BCUT2D eigenvalue weighted by atomic mass is 19.1. The molecule has 0 N–H and O–H groups in total. The van der Waals surface area contributed by atoms with Crippen LogP contribution in [0.5, 0.6) is 0 Å². The van der Waals surface area contributed by atoms with Crippen molar-refractivity contribution in [3.63, 3.8) is 0 Å². The Morgan fingerprint density at radius 1 is 1.22 bits per heavy atom. The van der Waals surface area contributed by atoms with Crippen LogP contribution in [-0.4, -0.2) is 26.7 Å². The number of imidazole rings is 1. The predicted octanol–water partition coefficient (Wildman–Crippen LogP) is 5.39. The summed E-state index contributed by atoms with van der Waals surface area (Å²) in [5, 5.41) is 0.962. The fourth-order valence-corrected chi connectivity index (χ4v) is 4.97. The lowest BCUT2D eigenvalue weighted by atomic mass is 9.84. The Balaban J connectivity index is 1.55. The Kier molecular flexibility index (Phi) is 5.52. The monoisotopic (exact) mass is 431 g/mol. The van der Waals surface area contributed by atoms with Crippen molar-refractivity contribution in [3.8, 4) is 5.69 Å². The molecule has 2 aromatic heterocycles. The van der Waals surface area contributed by atoms with E-state index in [1.807, 2.05) is 23.8 Å². The number of benzene rings is 2. The summed E-state index contributed by atoms with van der Waals surface area (Å²) in [5.41, 5.74) is 5.55. The van der Waals surface area contributed by atoms with E-state index in [1.54, 1.807) is 18.6 Å². The van der Waals surface area contributed by atoms with E-state index in [0.29, 0.717) is 19.6 Å². The first-order chi connectivity index (χ1) is 15.6. The molecule has 1 atom stereocenters. The number of hydrogen-bond acceptors (Lipinski definition) is 3. The maximum Gasteiger partial charge on any atom is 0.306 e. The van der Waals surface area contributed by atoms with Crippen molar-refractivity contribution >= 4 is 16.9 Å². The van der Waals surface area contributed by atoms with Gasteiger partial charge in [0.1, 0.15) is 5.82 Å². The first-order valence-corrected chi connectivity index (χ1v) is 11.2. The molecule has 0 fully saturated rings. The zero-order valence-corrected chi connectivity index (χ0v) is 18.1. The van der Waals surface area contributed by atoms with E-state index < -0.39 is 0 Å². The number of aromatic nitrogens is 3. The molecule has 6 heteroatoms. The number of carbonyl (C=O) groups excluding carboxylic acids is 1. The van der Waals surface area contributed by atoms with Gasteiger partial charge in [0.15, 0.2) is 0 Å². The minimum atomic E-state index is -0.227. The maximum absolute atomic E-state index is 14.1. The van der Waals surface area contributed by atoms with Crippen LogP contribution in [-0.2, 0) is 22.5 Å². The molecule has 1 aliphatic rings. The molecule has 2 aromatic carbocycles. The van der Waals surface area contributed by atoms with Crippen LogP contribution >= 0.6 is 0 Å². The summed E-state index contributed by atoms with van der Waals surface area (Å²) in [5.74, 6) is -0.314. The van der Waals surface area contributed by atoms with Crippen molar-refractivity contribution in [3.05, 3.63) is 83.8 Å². The van der Waals surface area contributed by atoms with Gasteiger partial charge in [0.2, 0.25) is 0 Å². The maximum atomic E-state index is 14.1. The quantitative estimate of drug-likeness (QED) is 0.385. The van der Waals surface area contributed by atoms with Crippen LogP contribution in [0.25, 0.3) is 16.6 Å². The molecule has 1 aliphatic carbocycles. The van der Waals surface area contributed by atoms with E-state index in [9.17, 15) is 9.18 Å². The zero-order chi connectivity index (χ0) is 22.1. The van der Waals surface area contributed by atoms with E-state index in [-0.39, 0.29) is 17.7 Å². The van der Waals surface area contributed by atoms with Crippen molar-refractivity contribution in [2.45, 2.75) is 45.1 Å². The molecule has 0 saturated carbocycles. The van der Waals surface area contributed by atoms with Gasteiger partial charge in [0.05, 0.1) is 19.4 Å². The minimum Gasteiger partial charge on any atom is -0.466 e. The van der Waals surface area contributed by atoms with E-state index in [1.165, 1.54) is 11.6 Å². The Morgan fingerprint density at radius 2 is 2.06 bits per heavy atom. The number of ether oxygens (including phenoxy) is 1. The summed E-state index contributed by atoms with van der Waals surface area (Å²) in [7, 11) is 0. The van der Waals surface area contributed by atoms with E-state index in [0.717, 1.165) is 47.1 Å². The van der Waals surface area contributed by atoms with Gasteiger partial charge in [0, 0.05) is 47.1 Å². The Labute approximate surface area is 186 Å². The highest BCUT2D eigenvalue weighted by molar-refractivity contribution is 5.86. The summed E-state index contributed by atoms with van der Waals surface area (Å²) in [6.07, 6.45) is 8.64. The highest BCUT2D eigenvalue weighted by Gasteiger charge is 2.29. The molecule has 1 unspecified atom stereocenters. The lowest BCUT2D eigenvalue weighted by Gasteiger charge is -2.25. The zero-order valence-electron chi connectivity index (χ0n) is 18.1. The normalized spacial score (nSPS) is 15.6. The van der Waals surface area contributed by atoms with Crippen LogP contribution in [0.4, 0.5) is 4.39 Å². The van der Waals surface area contributed by atoms with Gasteiger partial charge in [-0.05, 0) is 67.6 Å². The van der Waals surface area contributed by atoms with Gasteiger partial charge >= 0.3 is 5.97 Å². The average Bonchev–Trinajstić information content (AvgIpc) is 3.43. The first kappa shape index (κ1) is 20.5. The number of halogens is 1. The average molecular weight is 432 g/mol. The van der Waals surface area contributed by atoms with E-state index in [4.69, 9.17) is 4.74 Å². The SMILES string of the molecule is CCOC(=O)CC1CCCc2c1n(Cc1ccc(-n3ccnc3)cc1)c1ccc(F)cc21. The fourth-order valence-electron chi connectivity index (χ4n) is 4.97. The molecule has 0 aliphatic heterocycles. The van der Waals surface area contributed by atoms with Crippen LogP contribution in [0.1, 0.15) is 48.9 Å². The van der Waals surface area contributed by atoms with E-state index >= 15 is 0 Å². The number of hydrogen-bond donors (Lipinski definition) is 0. The number of esters is 1. The Bertz CT molecular complexity index is 1240. The molecular weight excluding hydrogens is 405 g/mol. The molecule has 0 spiro atoms. The number of carbonyl (C=O) groups is 1. The predicted molar refractivity (Wildman–Crippen MR) is 121 cm³/mol. The second kappa shape index (κ2) is 8.61. The van der Waals surface area contributed by atoms with Crippen LogP contribution in [0, 0.1) is 5.82 Å². The van der Waals surface area contributed by atoms with Crippen LogP contribution < -0.4 is 0 Å². The Hall–Kier alpha value is -3.41. The summed E-state index contributed by atoms with van der Waals surface area (Å²) >= 11 is 0. The van der Waals surface area contributed by atoms with Crippen LogP contribution in [0.2, 0.25) is 0 Å². The number of aryl methyl sites for hydroxylation is 1. The standard InChI is InChI=1S/C26H26FN3O2/c1-2-32-25(31)14-19-4-3-5-22-23-15-20(27)8-11-24(23)30(26(19)22)16-18-6-9-21(10-7-18)29-13-12-28-17-29/h6-13,15,17,19H,2-5,14,16H2,1H3. The van der Waals surface area contributed by atoms with Gasteiger partial charge < -0.3 is 13.9 Å². The van der Waals surface area contributed by atoms with Crippen molar-refractivity contribution < 1.29 is 13.9 Å². The van der Waals surface area contributed by atoms with Gasteiger partial charge in [-0.2, -0.15) is 0 Å². The summed E-state index contributed by atoms with van der Waals surface area (Å²) in [6, 6.07) is 13.4. The summed E-state index contributed by atoms with van der Waals surface area (Å²) in [4.78, 5) is 16.4. The van der Waals surface area contributed by atoms with Crippen molar-refractivity contribution in [1.29, 1.82) is 0 Å². The molecule has 32 heavy (non-hydrogen) atoms. The lowest BCUT2D eigenvalue weighted by molar-refractivity contribution is -0.143. The topological polar surface area (TPSA) is 49.0 Å². The van der Waals surface area contributed by atoms with Gasteiger partial charge in [-0.3, -0.25) is 4.79 Å². The third kappa shape index (κ3) is 3.81. The van der Waals surface area contributed by atoms with Crippen molar-refractivity contribution in [2.75, 3.05) is 6.61 Å². The third-order valence-electron chi connectivity index (χ3n) is 6.34. The fraction of sp³-hybridized carbons (Fsp3) is 0.308. The molecule has 4 aromatic rings. The summed E-state index contributed by atoms with van der Waals surface area (Å²) < 4.78 is 23.6. The van der Waals surface area contributed by atoms with Crippen LogP contribution in [0.3, 0.4) is 0 Å². The smallest absolute Gasteiger partial charge is 0.306 e. The molecule has 5 nitrogen and oxygen atoms in total. The lowest BCUT2D eigenvalue weighted by Crippen LogP contribution is -2.19. The minimum absolute atomic E-state index is 0.0819. The molecular formula is C26H26FN3O2. The largest absolute Gasteiger partial charge is 0.466 e. The summed E-state index contributed by atoms with van der Waals surface area (Å²) in [6.45, 7) is 2.88. The van der Waals surface area contributed by atoms with Gasteiger partial charge in [-0.1, -0.05) is 12.1 Å². The Morgan fingerprint density at radius 3 is 2.81 bits per heavy atom. The van der Waals surface area contributed by atoms with Crippen molar-refractivity contribution in [2.24, 2.45) is 0 Å². The second-order valence-corrected chi connectivity index (χ2v) is 8.35. The number of fused-ring (bicyclic) bond motifs is 3.